The van der Waals surface area contributed by atoms with E-state index in [9.17, 15) is 9.59 Å². The van der Waals surface area contributed by atoms with Gasteiger partial charge in [-0.05, 0) is 19.3 Å². The number of hydrogen-bond donors (Lipinski definition) is 3. The van der Waals surface area contributed by atoms with Crippen LogP contribution in [0.5, 0.6) is 0 Å². The van der Waals surface area contributed by atoms with Gasteiger partial charge in [-0.15, -0.1) is 0 Å². The summed E-state index contributed by atoms with van der Waals surface area (Å²) in [5, 5.41) is 3.00. The maximum Gasteiger partial charge on any atom is 0.308 e. The summed E-state index contributed by atoms with van der Waals surface area (Å²) in [7, 11) is 1.38. The van der Waals surface area contributed by atoms with E-state index in [-0.39, 0.29) is 41.8 Å². The van der Waals surface area contributed by atoms with Crippen molar-refractivity contribution in [3.63, 3.8) is 0 Å². The Labute approximate surface area is 131 Å². The average molecular weight is 312 g/mol. The molecule has 1 fully saturated rings. The predicted octanol–water partition coefficient (Wildman–Crippen LogP) is 0.523. The zero-order valence-electron chi connectivity index (χ0n) is 13.7. The van der Waals surface area contributed by atoms with E-state index >= 15 is 0 Å². The van der Waals surface area contributed by atoms with Gasteiger partial charge < -0.3 is 21.5 Å². The van der Waals surface area contributed by atoms with Crippen LogP contribution in [0, 0.1) is 11.8 Å². The predicted molar refractivity (Wildman–Crippen MR) is 85.0 cm³/mol. The van der Waals surface area contributed by atoms with E-state index in [4.69, 9.17) is 16.2 Å². The smallest absolute Gasteiger partial charge is 0.308 e. The Morgan fingerprint density at radius 1 is 1.36 bits per heavy atom. The van der Waals surface area contributed by atoms with Crippen LogP contribution in [0.2, 0.25) is 0 Å². The summed E-state index contributed by atoms with van der Waals surface area (Å²) in [6.07, 6.45) is 4.07. The van der Waals surface area contributed by atoms with Gasteiger partial charge in [0.05, 0.1) is 19.1 Å². The van der Waals surface area contributed by atoms with Crippen molar-refractivity contribution in [3.05, 3.63) is 0 Å². The summed E-state index contributed by atoms with van der Waals surface area (Å²) in [5.74, 6) is -0.485. The van der Waals surface area contributed by atoms with Crippen molar-refractivity contribution in [1.29, 1.82) is 0 Å². The minimum atomic E-state index is -0.240. The van der Waals surface area contributed by atoms with Gasteiger partial charge in [-0.1, -0.05) is 19.8 Å². The molecule has 0 heterocycles. The van der Waals surface area contributed by atoms with Crippen molar-refractivity contribution < 1.29 is 14.3 Å². The van der Waals surface area contributed by atoms with Crippen LogP contribution in [0.15, 0.2) is 4.99 Å². The first kappa shape index (κ1) is 18.3. The number of aliphatic imine (C=N–C) groups is 1. The summed E-state index contributed by atoms with van der Waals surface area (Å²) < 4.78 is 4.84. The van der Waals surface area contributed by atoms with E-state index in [2.05, 4.69) is 17.2 Å². The molecule has 22 heavy (non-hydrogen) atoms. The second-order valence-electron chi connectivity index (χ2n) is 5.93. The summed E-state index contributed by atoms with van der Waals surface area (Å²) >= 11 is 0. The Morgan fingerprint density at radius 3 is 2.55 bits per heavy atom. The minimum Gasteiger partial charge on any atom is -0.469 e. The number of unbranched alkanes of at least 4 members (excludes halogenated alkanes) is 1. The lowest BCUT2D eigenvalue weighted by Crippen LogP contribution is -2.42. The highest BCUT2D eigenvalue weighted by atomic mass is 16.5. The van der Waals surface area contributed by atoms with Crippen LogP contribution in [0.25, 0.3) is 0 Å². The fourth-order valence-electron chi connectivity index (χ4n) is 3.26. The quantitative estimate of drug-likeness (QED) is 0.360. The van der Waals surface area contributed by atoms with E-state index in [0.29, 0.717) is 12.8 Å². The first-order chi connectivity index (χ1) is 10.4. The molecular formula is C15H28N4O3. The molecule has 4 atom stereocenters. The van der Waals surface area contributed by atoms with Crippen molar-refractivity contribution in [1.82, 2.24) is 5.32 Å². The van der Waals surface area contributed by atoms with E-state index in [1.165, 1.54) is 14.0 Å². The van der Waals surface area contributed by atoms with Crippen molar-refractivity contribution in [2.24, 2.45) is 28.3 Å². The van der Waals surface area contributed by atoms with Gasteiger partial charge in [-0.3, -0.25) is 9.59 Å². The number of hydrogen-bond acceptors (Lipinski definition) is 4. The molecule has 0 aromatic heterocycles. The maximum absolute atomic E-state index is 11.8. The zero-order chi connectivity index (χ0) is 16.7. The van der Waals surface area contributed by atoms with Crippen molar-refractivity contribution >= 4 is 17.8 Å². The Bertz CT molecular complexity index is 421. The number of carbonyl (C=O) groups excluding carboxylic acids is 2. The Hall–Kier alpha value is -1.79. The summed E-state index contributed by atoms with van der Waals surface area (Å²) in [6, 6.07) is -0.192. The van der Waals surface area contributed by atoms with Gasteiger partial charge in [-0.2, -0.15) is 0 Å². The van der Waals surface area contributed by atoms with Gasteiger partial charge in [0.2, 0.25) is 5.91 Å². The number of nitrogens with one attached hydrogen (secondary N) is 1. The molecule has 0 bridgehead atoms. The molecule has 5 N–H and O–H groups in total. The van der Waals surface area contributed by atoms with E-state index in [1.807, 2.05) is 0 Å². The summed E-state index contributed by atoms with van der Waals surface area (Å²) in [6.45, 7) is 3.60. The van der Waals surface area contributed by atoms with Crippen molar-refractivity contribution in [2.75, 3.05) is 7.11 Å². The van der Waals surface area contributed by atoms with Crippen LogP contribution in [0.1, 0.15) is 46.0 Å². The van der Waals surface area contributed by atoms with Gasteiger partial charge in [0, 0.05) is 18.9 Å². The first-order valence-corrected chi connectivity index (χ1v) is 7.82. The van der Waals surface area contributed by atoms with Crippen LogP contribution in [-0.2, 0) is 14.3 Å². The third-order valence-corrected chi connectivity index (χ3v) is 4.20. The highest BCUT2D eigenvalue weighted by Crippen LogP contribution is 2.37. The Morgan fingerprint density at radius 2 is 2.05 bits per heavy atom. The zero-order valence-corrected chi connectivity index (χ0v) is 13.7. The third-order valence-electron chi connectivity index (χ3n) is 4.20. The van der Waals surface area contributed by atoms with E-state index in [1.54, 1.807) is 0 Å². The topological polar surface area (TPSA) is 120 Å². The van der Waals surface area contributed by atoms with Crippen molar-refractivity contribution in [2.45, 2.75) is 58.0 Å². The summed E-state index contributed by atoms with van der Waals surface area (Å²) in [5.41, 5.74) is 11.0. The van der Waals surface area contributed by atoms with E-state index in [0.717, 1.165) is 19.3 Å². The number of amides is 1. The number of nitrogens with two attached hydrogens (primary N) is 2. The van der Waals surface area contributed by atoms with Gasteiger partial charge in [0.1, 0.15) is 0 Å². The fraction of sp³-hybridized carbons (Fsp3) is 0.800. The number of carbonyl (C=O) groups is 2. The second kappa shape index (κ2) is 8.60. The molecule has 0 unspecified atom stereocenters. The number of methoxy groups -OCH3 is 1. The van der Waals surface area contributed by atoms with Crippen LogP contribution < -0.4 is 16.8 Å². The highest BCUT2D eigenvalue weighted by molar-refractivity contribution is 5.77. The number of esters is 1. The number of rotatable bonds is 7. The molecule has 0 aliphatic heterocycles. The first-order valence-electron chi connectivity index (χ1n) is 7.82. The molecule has 1 saturated carbocycles. The summed E-state index contributed by atoms with van der Waals surface area (Å²) in [4.78, 5) is 27.6. The molecule has 0 aromatic carbocycles. The lowest BCUT2D eigenvalue weighted by Gasteiger charge is -2.27. The fourth-order valence-corrected chi connectivity index (χ4v) is 3.26. The molecule has 0 saturated heterocycles. The van der Waals surface area contributed by atoms with Gasteiger partial charge >= 0.3 is 5.97 Å². The molecule has 1 rings (SSSR count). The number of guanidine groups is 1. The average Bonchev–Trinajstić information content (AvgIpc) is 2.85. The van der Waals surface area contributed by atoms with E-state index < -0.39 is 0 Å². The Kier molecular flexibility index (Phi) is 7.14. The molecule has 1 aliphatic carbocycles. The molecule has 1 aliphatic rings. The SMILES string of the molecule is CCCC[C@@H](NC(C)=O)[C@@H]1C[C@@H](C(=O)OC)C[C@H]1N=C(N)N. The molecule has 126 valence electrons. The monoisotopic (exact) mass is 312 g/mol. The third kappa shape index (κ3) is 5.20. The molecule has 7 nitrogen and oxygen atoms in total. The Balaban J connectivity index is 2.93. The molecular weight excluding hydrogens is 284 g/mol. The number of ether oxygens (including phenoxy) is 1. The lowest BCUT2D eigenvalue weighted by molar-refractivity contribution is -0.145. The molecule has 7 heteroatoms. The van der Waals surface area contributed by atoms with Crippen molar-refractivity contribution in [3.8, 4) is 0 Å². The standard InChI is InChI=1S/C15H28N4O3/c1-4-5-6-12(18-9(2)20)11-7-10(14(21)22-3)8-13(11)19-15(16)17/h10-13H,4-8H2,1-3H3,(H,18,20)(H4,16,17,19)/t10-,11+,12-,13-/m1/s1. The molecule has 0 spiro atoms. The van der Waals surface area contributed by atoms with Gasteiger partial charge in [-0.25, -0.2) is 4.99 Å². The number of nitrogens with zero attached hydrogens (tertiary/aromatic N) is 1. The normalized spacial score (nSPS) is 25.3. The van der Waals surface area contributed by atoms with Gasteiger partial charge in [0.15, 0.2) is 5.96 Å². The largest absolute Gasteiger partial charge is 0.469 e. The molecule has 1 amide bonds. The lowest BCUT2D eigenvalue weighted by atomic mass is 9.90. The second-order valence-corrected chi connectivity index (χ2v) is 5.93. The van der Waals surface area contributed by atoms with Crippen LogP contribution in [0.3, 0.4) is 0 Å². The highest BCUT2D eigenvalue weighted by Gasteiger charge is 2.42. The van der Waals surface area contributed by atoms with Crippen LogP contribution in [-0.4, -0.2) is 37.0 Å². The van der Waals surface area contributed by atoms with Crippen LogP contribution in [0.4, 0.5) is 0 Å². The molecule has 0 radical (unpaired) electrons. The molecule has 0 aromatic rings. The minimum absolute atomic E-state index is 0.0117. The van der Waals surface area contributed by atoms with Gasteiger partial charge in [0.25, 0.3) is 0 Å². The maximum atomic E-state index is 11.8. The van der Waals surface area contributed by atoms with Crippen LogP contribution >= 0.6 is 0 Å².